The van der Waals surface area contributed by atoms with Crippen LogP contribution in [-0.2, 0) is 18.6 Å². The molecule has 0 spiro atoms. The molecule has 0 aliphatic heterocycles. The zero-order chi connectivity index (χ0) is 9.56. The Morgan fingerprint density at radius 1 is 1.58 bits per heavy atom. The molecule has 0 N–H and O–H groups in total. The highest BCUT2D eigenvalue weighted by molar-refractivity contribution is 7.39. The Balaban J connectivity index is 3.85. The number of hydrogen-bond acceptors (Lipinski definition) is 4. The van der Waals surface area contributed by atoms with Gasteiger partial charge in [-0.3, -0.25) is 9.36 Å². The zero-order valence-electron chi connectivity index (χ0n) is 7.62. The molecule has 0 aliphatic carbocycles. The summed E-state index contributed by atoms with van der Waals surface area (Å²) in [5.74, 6) is -0.115. The van der Waals surface area contributed by atoms with Crippen LogP contribution in [0.2, 0.25) is 0 Å². The number of methoxy groups -OCH3 is 1. The first-order chi connectivity index (χ1) is 5.61. The highest BCUT2D eigenvalue weighted by atomic mass is 31.1. The first-order valence-electron chi connectivity index (χ1n) is 3.80. The van der Waals surface area contributed by atoms with Crippen molar-refractivity contribution in [3.63, 3.8) is 0 Å². The largest absolute Gasteiger partial charge is 0.373 e. The molecule has 72 valence electrons. The average Bonchev–Trinajstić information content (AvgIpc) is 2.00. The Morgan fingerprint density at radius 2 is 2.17 bits per heavy atom. The molecule has 0 saturated heterocycles. The van der Waals surface area contributed by atoms with Crippen LogP contribution in [0.3, 0.4) is 0 Å². The molecule has 12 heavy (non-hydrogen) atoms. The highest BCUT2D eigenvalue weighted by Gasteiger charge is 2.16. The minimum atomic E-state index is -2.09. The van der Waals surface area contributed by atoms with Crippen molar-refractivity contribution in [1.29, 1.82) is 0 Å². The third kappa shape index (κ3) is 4.65. The lowest BCUT2D eigenvalue weighted by molar-refractivity contribution is -0.125. The lowest BCUT2D eigenvalue weighted by Crippen LogP contribution is -2.22. The zero-order valence-corrected chi connectivity index (χ0v) is 8.62. The molecule has 0 aromatic carbocycles. The van der Waals surface area contributed by atoms with Crippen molar-refractivity contribution in [3.8, 4) is 0 Å². The lowest BCUT2D eigenvalue weighted by Gasteiger charge is -2.10. The van der Waals surface area contributed by atoms with Gasteiger partial charge in [-0.15, -0.1) is 0 Å². The standard InChI is InChI=1S/C7H15O4P/c1-4-11-12(9)5-7(10-3)6(2)8/h7,12H,4-5H2,1-3H3. The van der Waals surface area contributed by atoms with E-state index >= 15 is 0 Å². The van der Waals surface area contributed by atoms with Gasteiger partial charge in [-0.2, -0.15) is 0 Å². The van der Waals surface area contributed by atoms with Crippen LogP contribution in [0.25, 0.3) is 0 Å². The maximum Gasteiger partial charge on any atom is 0.194 e. The van der Waals surface area contributed by atoms with Crippen LogP contribution in [0.4, 0.5) is 0 Å². The van der Waals surface area contributed by atoms with Gasteiger partial charge in [0.15, 0.2) is 13.8 Å². The summed E-state index contributed by atoms with van der Waals surface area (Å²) in [7, 11) is -0.668. The second-order valence-electron chi connectivity index (χ2n) is 2.34. The molecule has 0 aromatic heterocycles. The van der Waals surface area contributed by atoms with Gasteiger partial charge in [0, 0.05) is 7.11 Å². The molecule has 0 heterocycles. The second-order valence-corrected chi connectivity index (χ2v) is 3.79. The van der Waals surface area contributed by atoms with E-state index in [1.165, 1.54) is 14.0 Å². The van der Waals surface area contributed by atoms with Gasteiger partial charge in [0.05, 0.1) is 12.8 Å². The number of carbonyl (C=O) groups is 1. The third-order valence-electron chi connectivity index (χ3n) is 1.40. The second kappa shape index (κ2) is 6.35. The van der Waals surface area contributed by atoms with Crippen LogP contribution in [0, 0.1) is 0 Å². The molecular weight excluding hydrogens is 179 g/mol. The van der Waals surface area contributed by atoms with Crippen molar-refractivity contribution < 1.29 is 18.6 Å². The predicted molar refractivity (Wildman–Crippen MR) is 47.0 cm³/mol. The smallest absolute Gasteiger partial charge is 0.194 e. The fourth-order valence-corrected chi connectivity index (χ4v) is 1.96. The molecule has 0 radical (unpaired) electrons. The van der Waals surface area contributed by atoms with Crippen LogP contribution in [0.1, 0.15) is 13.8 Å². The third-order valence-corrected chi connectivity index (χ3v) is 2.71. The molecule has 0 rings (SSSR count). The van der Waals surface area contributed by atoms with Crippen LogP contribution >= 0.6 is 8.03 Å². The first kappa shape index (κ1) is 11.8. The van der Waals surface area contributed by atoms with Crippen LogP contribution in [-0.4, -0.2) is 31.8 Å². The Bertz CT molecular complexity index is 169. The number of ketones is 1. The number of hydrogen-bond donors (Lipinski definition) is 0. The lowest BCUT2D eigenvalue weighted by atomic mass is 10.3. The fourth-order valence-electron chi connectivity index (χ4n) is 0.764. The van der Waals surface area contributed by atoms with Gasteiger partial charge in [0.25, 0.3) is 0 Å². The highest BCUT2D eigenvalue weighted by Crippen LogP contribution is 2.23. The van der Waals surface area contributed by atoms with Crippen molar-refractivity contribution in [3.05, 3.63) is 0 Å². The van der Waals surface area contributed by atoms with Crippen LogP contribution in [0.5, 0.6) is 0 Å². The Labute approximate surface area is 73.1 Å². The van der Waals surface area contributed by atoms with E-state index in [4.69, 9.17) is 9.26 Å². The van der Waals surface area contributed by atoms with E-state index in [0.29, 0.717) is 6.61 Å². The number of Topliss-reactive ketones (excluding diaryl/α,β-unsaturated/α-hetero) is 1. The minimum absolute atomic E-state index is 0.115. The van der Waals surface area contributed by atoms with Crippen molar-refractivity contribution in [1.82, 2.24) is 0 Å². The average molecular weight is 194 g/mol. The molecule has 5 heteroatoms. The van der Waals surface area contributed by atoms with E-state index in [2.05, 4.69) is 0 Å². The molecular formula is C7H15O4P. The van der Waals surface area contributed by atoms with Crippen molar-refractivity contribution in [2.45, 2.75) is 20.0 Å². The van der Waals surface area contributed by atoms with E-state index in [1.807, 2.05) is 0 Å². The maximum absolute atomic E-state index is 11.0. The van der Waals surface area contributed by atoms with E-state index in [9.17, 15) is 9.36 Å². The maximum atomic E-state index is 11.0. The number of carbonyl (C=O) groups excluding carboxylic acids is 1. The van der Waals surface area contributed by atoms with Crippen LogP contribution in [0.15, 0.2) is 0 Å². The quantitative estimate of drug-likeness (QED) is 0.594. The summed E-state index contributed by atoms with van der Waals surface area (Å²) in [4.78, 5) is 10.8. The van der Waals surface area contributed by atoms with Gasteiger partial charge in [-0.25, -0.2) is 0 Å². The summed E-state index contributed by atoms with van der Waals surface area (Å²) in [5.41, 5.74) is 0. The van der Waals surface area contributed by atoms with Crippen molar-refractivity contribution in [2.75, 3.05) is 19.9 Å². The summed E-state index contributed by atoms with van der Waals surface area (Å²) in [5, 5.41) is 0. The van der Waals surface area contributed by atoms with E-state index < -0.39 is 14.1 Å². The van der Waals surface area contributed by atoms with E-state index in [0.717, 1.165) is 0 Å². The molecule has 0 bridgehead atoms. The summed E-state index contributed by atoms with van der Waals surface area (Å²) < 4.78 is 20.7. The predicted octanol–water partition coefficient (Wildman–Crippen LogP) is 1.10. The molecule has 0 aliphatic rings. The van der Waals surface area contributed by atoms with Gasteiger partial charge < -0.3 is 9.26 Å². The summed E-state index contributed by atoms with van der Waals surface area (Å²) >= 11 is 0. The van der Waals surface area contributed by atoms with E-state index in [-0.39, 0.29) is 11.9 Å². The van der Waals surface area contributed by atoms with Gasteiger partial charge in [0.1, 0.15) is 6.10 Å². The van der Waals surface area contributed by atoms with Crippen molar-refractivity contribution in [2.24, 2.45) is 0 Å². The van der Waals surface area contributed by atoms with Gasteiger partial charge in [0.2, 0.25) is 0 Å². The Hall–Kier alpha value is -0.180. The van der Waals surface area contributed by atoms with Gasteiger partial charge >= 0.3 is 0 Å². The molecule has 4 nitrogen and oxygen atoms in total. The van der Waals surface area contributed by atoms with Gasteiger partial charge in [-0.05, 0) is 13.8 Å². The van der Waals surface area contributed by atoms with Crippen LogP contribution < -0.4 is 0 Å². The minimum Gasteiger partial charge on any atom is -0.373 e. The first-order valence-corrected chi connectivity index (χ1v) is 5.33. The molecule has 2 atom stereocenters. The van der Waals surface area contributed by atoms with E-state index in [1.54, 1.807) is 6.92 Å². The van der Waals surface area contributed by atoms with Crippen molar-refractivity contribution >= 4 is 13.8 Å². The molecule has 0 saturated carbocycles. The monoisotopic (exact) mass is 194 g/mol. The summed E-state index contributed by atoms with van der Waals surface area (Å²) in [6.07, 6.45) is -0.396. The fraction of sp³-hybridized carbons (Fsp3) is 0.857. The molecule has 0 aromatic rings. The number of ether oxygens (including phenoxy) is 1. The topological polar surface area (TPSA) is 52.6 Å². The summed E-state index contributed by atoms with van der Waals surface area (Å²) in [6.45, 7) is 3.58. The Morgan fingerprint density at radius 3 is 2.50 bits per heavy atom. The molecule has 0 fully saturated rings. The normalized spacial score (nSPS) is 15.6. The number of rotatable bonds is 6. The molecule has 0 amide bonds. The summed E-state index contributed by atoms with van der Waals surface area (Å²) in [6, 6.07) is 0. The van der Waals surface area contributed by atoms with Gasteiger partial charge in [-0.1, -0.05) is 0 Å². The Kier molecular flexibility index (Phi) is 6.25. The SMILES string of the molecule is CCO[PH](=O)CC(OC)C(C)=O. The molecule has 2 unspecified atom stereocenters.